The van der Waals surface area contributed by atoms with Crippen LogP contribution in [0.5, 0.6) is 0 Å². The Labute approximate surface area is 208 Å². The summed E-state index contributed by atoms with van der Waals surface area (Å²) in [6.07, 6.45) is 0. The SMILES string of the molecule is CCOC(=O)c1ccccc1NC(=O)CN(c1cc(Cl)cc(Cl)c1)S(=O)(=O)c1ccc(C)cc1. The smallest absolute Gasteiger partial charge is 0.340 e. The van der Waals surface area contributed by atoms with E-state index in [1.54, 1.807) is 31.2 Å². The van der Waals surface area contributed by atoms with Crippen LogP contribution in [0.3, 0.4) is 0 Å². The molecule has 10 heteroatoms. The molecule has 34 heavy (non-hydrogen) atoms. The van der Waals surface area contributed by atoms with Gasteiger partial charge in [-0.1, -0.05) is 53.0 Å². The van der Waals surface area contributed by atoms with Crippen LogP contribution in [-0.2, 0) is 19.6 Å². The molecule has 3 aromatic rings. The first kappa shape index (κ1) is 25.6. The van der Waals surface area contributed by atoms with Gasteiger partial charge in [-0.15, -0.1) is 0 Å². The number of amides is 1. The Kier molecular flexibility index (Phi) is 8.19. The summed E-state index contributed by atoms with van der Waals surface area (Å²) in [5.41, 5.74) is 1.34. The van der Waals surface area contributed by atoms with Gasteiger partial charge >= 0.3 is 5.97 Å². The van der Waals surface area contributed by atoms with E-state index in [0.717, 1.165) is 9.87 Å². The Morgan fingerprint density at radius 2 is 1.59 bits per heavy atom. The molecule has 0 bridgehead atoms. The topological polar surface area (TPSA) is 92.8 Å². The van der Waals surface area contributed by atoms with Gasteiger partial charge in [-0.2, -0.15) is 0 Å². The number of nitrogens with one attached hydrogen (secondary N) is 1. The highest BCUT2D eigenvalue weighted by molar-refractivity contribution is 7.92. The van der Waals surface area contributed by atoms with E-state index in [1.807, 2.05) is 6.92 Å². The van der Waals surface area contributed by atoms with Crippen molar-refractivity contribution in [1.29, 1.82) is 0 Å². The predicted molar refractivity (Wildman–Crippen MR) is 133 cm³/mol. The van der Waals surface area contributed by atoms with Crippen LogP contribution in [0.2, 0.25) is 10.0 Å². The Hall–Kier alpha value is -3.07. The van der Waals surface area contributed by atoms with E-state index in [0.29, 0.717) is 0 Å². The van der Waals surface area contributed by atoms with Gasteiger partial charge in [0.15, 0.2) is 0 Å². The van der Waals surface area contributed by atoms with Crippen molar-refractivity contribution in [2.45, 2.75) is 18.7 Å². The predicted octanol–water partition coefficient (Wildman–Crippen LogP) is 5.31. The van der Waals surface area contributed by atoms with Crippen molar-refractivity contribution in [3.05, 3.63) is 87.9 Å². The van der Waals surface area contributed by atoms with Crippen LogP contribution in [0.25, 0.3) is 0 Å². The maximum Gasteiger partial charge on any atom is 0.340 e. The Morgan fingerprint density at radius 1 is 0.971 bits per heavy atom. The van der Waals surface area contributed by atoms with Gasteiger partial charge < -0.3 is 10.1 Å². The highest BCUT2D eigenvalue weighted by Crippen LogP contribution is 2.30. The van der Waals surface area contributed by atoms with Gasteiger partial charge in [0.1, 0.15) is 6.54 Å². The maximum absolute atomic E-state index is 13.5. The molecule has 0 unspecified atom stereocenters. The molecule has 3 aromatic carbocycles. The number of nitrogens with zero attached hydrogens (tertiary/aromatic N) is 1. The molecule has 7 nitrogen and oxygen atoms in total. The summed E-state index contributed by atoms with van der Waals surface area (Å²) in [6.45, 7) is 3.08. The van der Waals surface area contributed by atoms with Crippen LogP contribution < -0.4 is 9.62 Å². The molecule has 1 amide bonds. The summed E-state index contributed by atoms with van der Waals surface area (Å²) in [5, 5.41) is 3.02. The highest BCUT2D eigenvalue weighted by Gasteiger charge is 2.28. The molecule has 0 saturated heterocycles. The molecular weight excluding hydrogens is 499 g/mol. The summed E-state index contributed by atoms with van der Waals surface area (Å²) in [7, 11) is -4.16. The molecule has 0 atom stereocenters. The van der Waals surface area contributed by atoms with Crippen molar-refractivity contribution in [3.8, 4) is 0 Å². The number of ether oxygens (including phenoxy) is 1. The molecule has 0 aromatic heterocycles. The van der Waals surface area contributed by atoms with E-state index >= 15 is 0 Å². The van der Waals surface area contributed by atoms with Crippen molar-refractivity contribution in [3.63, 3.8) is 0 Å². The van der Waals surface area contributed by atoms with E-state index in [4.69, 9.17) is 27.9 Å². The number of rotatable bonds is 8. The highest BCUT2D eigenvalue weighted by atomic mass is 35.5. The fourth-order valence-electron chi connectivity index (χ4n) is 3.13. The summed E-state index contributed by atoms with van der Waals surface area (Å²) < 4.78 is 32.9. The van der Waals surface area contributed by atoms with Crippen molar-refractivity contribution in [2.24, 2.45) is 0 Å². The molecular formula is C24H22Cl2N2O5S. The third kappa shape index (κ3) is 6.08. The zero-order valence-electron chi connectivity index (χ0n) is 18.4. The number of hydrogen-bond acceptors (Lipinski definition) is 5. The van der Waals surface area contributed by atoms with Gasteiger partial charge in [-0.05, 0) is 56.3 Å². The monoisotopic (exact) mass is 520 g/mol. The standard InChI is InChI=1S/C24H22Cl2N2O5S/c1-3-33-24(30)21-6-4-5-7-22(21)27-23(29)15-28(19-13-17(25)12-18(26)14-19)34(31,32)20-10-8-16(2)9-11-20/h4-14H,3,15H2,1-2H3,(H,27,29). The number of carbonyl (C=O) groups is 2. The minimum atomic E-state index is -4.16. The van der Waals surface area contributed by atoms with E-state index < -0.39 is 28.4 Å². The van der Waals surface area contributed by atoms with E-state index in [-0.39, 0.29) is 38.5 Å². The first-order valence-corrected chi connectivity index (χ1v) is 12.4. The van der Waals surface area contributed by atoms with Crippen molar-refractivity contribution in [2.75, 3.05) is 22.8 Å². The van der Waals surface area contributed by atoms with Crippen LogP contribution in [0, 0.1) is 6.92 Å². The lowest BCUT2D eigenvalue weighted by atomic mass is 10.2. The number of benzene rings is 3. The number of carbonyl (C=O) groups excluding carboxylic acids is 2. The van der Waals surface area contributed by atoms with Gasteiger partial charge in [-0.25, -0.2) is 13.2 Å². The molecule has 0 aliphatic rings. The van der Waals surface area contributed by atoms with Crippen LogP contribution in [0.15, 0.2) is 71.6 Å². The van der Waals surface area contributed by atoms with E-state index in [9.17, 15) is 18.0 Å². The first-order valence-electron chi connectivity index (χ1n) is 10.2. The normalized spacial score (nSPS) is 11.1. The van der Waals surface area contributed by atoms with E-state index in [2.05, 4.69) is 5.32 Å². The molecule has 3 rings (SSSR count). The van der Waals surface area contributed by atoms with Gasteiger partial charge in [0.05, 0.1) is 28.4 Å². The summed E-state index contributed by atoms with van der Waals surface area (Å²) in [4.78, 5) is 25.2. The number of hydrogen-bond donors (Lipinski definition) is 1. The first-order chi connectivity index (χ1) is 16.1. The zero-order chi connectivity index (χ0) is 24.9. The average molecular weight is 521 g/mol. The number of aryl methyl sites for hydroxylation is 1. The molecule has 0 saturated carbocycles. The Balaban J connectivity index is 1.98. The Bertz CT molecular complexity index is 1290. The van der Waals surface area contributed by atoms with Crippen molar-refractivity contribution < 1.29 is 22.7 Å². The second-order valence-corrected chi connectivity index (χ2v) is 10.0. The summed E-state index contributed by atoms with van der Waals surface area (Å²) in [6, 6.07) is 16.8. The minimum absolute atomic E-state index is 0.00563. The fourth-order valence-corrected chi connectivity index (χ4v) is 5.05. The molecule has 0 aliphatic heterocycles. The largest absolute Gasteiger partial charge is 0.462 e. The number of esters is 1. The van der Waals surface area contributed by atoms with Crippen LogP contribution in [0.1, 0.15) is 22.8 Å². The Morgan fingerprint density at radius 3 is 2.21 bits per heavy atom. The minimum Gasteiger partial charge on any atom is -0.462 e. The lowest BCUT2D eigenvalue weighted by molar-refractivity contribution is -0.114. The van der Waals surface area contributed by atoms with Crippen molar-refractivity contribution >= 4 is 56.5 Å². The lowest BCUT2D eigenvalue weighted by Gasteiger charge is -2.25. The molecule has 178 valence electrons. The number of sulfonamides is 1. The number of anilines is 2. The zero-order valence-corrected chi connectivity index (χ0v) is 20.7. The molecule has 1 N–H and O–H groups in total. The molecule has 0 spiro atoms. The van der Waals surface area contributed by atoms with Gasteiger partial charge in [0.2, 0.25) is 5.91 Å². The molecule has 0 heterocycles. The quantitative estimate of drug-likeness (QED) is 0.406. The van der Waals surface area contributed by atoms with Gasteiger partial charge in [0, 0.05) is 10.0 Å². The number of halogens is 2. The summed E-state index contributed by atoms with van der Waals surface area (Å²) >= 11 is 12.2. The number of para-hydroxylation sites is 1. The average Bonchev–Trinajstić information content (AvgIpc) is 2.77. The second-order valence-electron chi connectivity index (χ2n) is 7.27. The lowest BCUT2D eigenvalue weighted by Crippen LogP contribution is -2.38. The maximum atomic E-state index is 13.5. The third-order valence-corrected chi connectivity index (χ3v) is 6.95. The third-order valence-electron chi connectivity index (χ3n) is 4.73. The van der Waals surface area contributed by atoms with Gasteiger partial charge in [0.25, 0.3) is 10.0 Å². The van der Waals surface area contributed by atoms with Crippen LogP contribution >= 0.6 is 23.2 Å². The molecule has 0 fully saturated rings. The van der Waals surface area contributed by atoms with Crippen molar-refractivity contribution in [1.82, 2.24) is 0 Å². The van der Waals surface area contributed by atoms with Gasteiger partial charge in [-0.3, -0.25) is 9.10 Å². The summed E-state index contributed by atoms with van der Waals surface area (Å²) in [5.74, 6) is -1.28. The van der Waals surface area contributed by atoms with Crippen LogP contribution in [0.4, 0.5) is 11.4 Å². The second kappa shape index (κ2) is 10.9. The van der Waals surface area contributed by atoms with E-state index in [1.165, 1.54) is 42.5 Å². The molecule has 0 aliphatic carbocycles. The van der Waals surface area contributed by atoms with Crippen LogP contribution in [-0.4, -0.2) is 33.4 Å². The fraction of sp³-hybridized carbons (Fsp3) is 0.167. The molecule has 0 radical (unpaired) electrons.